The molecule has 1 atom stereocenters. The van der Waals surface area contributed by atoms with E-state index in [1.54, 1.807) is 31.2 Å². The standard InChI is InChI=1S/C15H18N6O4/c1-3-21-14(24)10-7-5-4-6-9(10)11(20-21)13(23)19-18-12(22)8(2)17-15(16)25/h4-8H,3H2,1-2H3,(H,18,22)(H,19,23)(H3,16,17,25). The molecular formula is C15H18N6O4. The van der Waals surface area contributed by atoms with E-state index in [0.717, 1.165) is 4.68 Å². The predicted octanol–water partition coefficient (Wildman–Crippen LogP) is -0.766. The molecule has 1 aromatic carbocycles. The second kappa shape index (κ2) is 7.43. The summed E-state index contributed by atoms with van der Waals surface area (Å²) in [5, 5.41) is 6.93. The number of nitrogens with one attached hydrogen (secondary N) is 3. The first kappa shape index (κ1) is 17.9. The van der Waals surface area contributed by atoms with Gasteiger partial charge in [-0.15, -0.1) is 0 Å². The number of hydrogen-bond acceptors (Lipinski definition) is 5. The van der Waals surface area contributed by atoms with Crippen molar-refractivity contribution < 1.29 is 14.4 Å². The van der Waals surface area contributed by atoms with Crippen LogP contribution in [0, 0.1) is 0 Å². The summed E-state index contributed by atoms with van der Waals surface area (Å²) in [4.78, 5) is 47.1. The summed E-state index contributed by atoms with van der Waals surface area (Å²) in [5.74, 6) is -1.36. The molecule has 4 amide bonds. The van der Waals surface area contributed by atoms with E-state index >= 15 is 0 Å². The first-order chi connectivity index (χ1) is 11.8. The van der Waals surface area contributed by atoms with Gasteiger partial charge in [0.2, 0.25) is 0 Å². The van der Waals surface area contributed by atoms with Crippen LogP contribution in [0.2, 0.25) is 0 Å². The normalized spacial score (nSPS) is 11.6. The van der Waals surface area contributed by atoms with Crippen LogP contribution in [-0.2, 0) is 11.3 Å². The maximum absolute atomic E-state index is 12.4. The summed E-state index contributed by atoms with van der Waals surface area (Å²) in [7, 11) is 0. The third-order valence-electron chi connectivity index (χ3n) is 3.43. The molecule has 2 rings (SSSR count). The van der Waals surface area contributed by atoms with Gasteiger partial charge in [0.05, 0.1) is 5.39 Å². The number of hydrazine groups is 1. The van der Waals surface area contributed by atoms with E-state index in [0.29, 0.717) is 10.8 Å². The van der Waals surface area contributed by atoms with Gasteiger partial charge >= 0.3 is 6.03 Å². The van der Waals surface area contributed by atoms with E-state index in [-0.39, 0.29) is 17.8 Å². The lowest BCUT2D eigenvalue weighted by atomic mass is 10.1. The number of aryl methyl sites for hydroxylation is 1. The quantitative estimate of drug-likeness (QED) is 0.537. The number of rotatable bonds is 4. The Morgan fingerprint density at radius 3 is 2.44 bits per heavy atom. The molecule has 0 aliphatic heterocycles. The van der Waals surface area contributed by atoms with Crippen LogP contribution in [0.4, 0.5) is 4.79 Å². The van der Waals surface area contributed by atoms with E-state index in [9.17, 15) is 19.2 Å². The average Bonchev–Trinajstić information content (AvgIpc) is 2.59. The SMILES string of the molecule is CCn1nc(C(=O)NNC(=O)C(C)NC(N)=O)c2ccccc2c1=O. The fourth-order valence-electron chi connectivity index (χ4n) is 2.18. The number of fused-ring (bicyclic) bond motifs is 1. The number of carbonyl (C=O) groups is 3. The molecule has 1 heterocycles. The summed E-state index contributed by atoms with van der Waals surface area (Å²) >= 11 is 0. The van der Waals surface area contributed by atoms with Crippen LogP contribution in [0.3, 0.4) is 0 Å². The lowest BCUT2D eigenvalue weighted by molar-refractivity contribution is -0.123. The Kier molecular flexibility index (Phi) is 5.32. The number of benzene rings is 1. The molecule has 0 saturated carbocycles. The fraction of sp³-hybridized carbons (Fsp3) is 0.267. The average molecular weight is 346 g/mol. The van der Waals surface area contributed by atoms with Crippen molar-refractivity contribution in [1.82, 2.24) is 25.9 Å². The number of nitrogens with zero attached hydrogens (tertiary/aromatic N) is 2. The van der Waals surface area contributed by atoms with Crippen molar-refractivity contribution in [3.8, 4) is 0 Å². The summed E-state index contributed by atoms with van der Waals surface area (Å²) < 4.78 is 1.16. The third-order valence-corrected chi connectivity index (χ3v) is 3.43. The first-order valence-electron chi connectivity index (χ1n) is 7.51. The molecule has 25 heavy (non-hydrogen) atoms. The van der Waals surface area contributed by atoms with E-state index in [4.69, 9.17) is 5.73 Å². The largest absolute Gasteiger partial charge is 0.352 e. The molecule has 1 unspecified atom stereocenters. The highest BCUT2D eigenvalue weighted by molar-refractivity contribution is 6.05. The number of nitrogens with two attached hydrogens (primary N) is 1. The highest BCUT2D eigenvalue weighted by Gasteiger charge is 2.18. The van der Waals surface area contributed by atoms with Gasteiger partial charge in [-0.05, 0) is 19.9 Å². The minimum absolute atomic E-state index is 0.00661. The number of urea groups is 1. The number of aromatic nitrogens is 2. The van der Waals surface area contributed by atoms with E-state index in [1.807, 2.05) is 0 Å². The molecule has 0 aliphatic carbocycles. The molecule has 132 valence electrons. The summed E-state index contributed by atoms with van der Waals surface area (Å²) in [6, 6.07) is 4.75. The summed E-state index contributed by atoms with van der Waals surface area (Å²) in [6.45, 7) is 3.41. The van der Waals surface area contributed by atoms with Crippen LogP contribution < -0.4 is 27.5 Å². The molecule has 0 radical (unpaired) electrons. The summed E-state index contributed by atoms with van der Waals surface area (Å²) in [6.07, 6.45) is 0. The molecule has 0 aliphatic rings. The Bertz CT molecular complexity index is 891. The summed E-state index contributed by atoms with van der Waals surface area (Å²) in [5.41, 5.74) is 8.99. The number of amides is 4. The van der Waals surface area contributed by atoms with Gasteiger partial charge in [-0.2, -0.15) is 5.10 Å². The molecule has 10 nitrogen and oxygen atoms in total. The van der Waals surface area contributed by atoms with Crippen LogP contribution in [0.1, 0.15) is 24.3 Å². The van der Waals surface area contributed by atoms with Gasteiger partial charge in [-0.25, -0.2) is 9.48 Å². The number of hydrogen-bond donors (Lipinski definition) is 4. The van der Waals surface area contributed by atoms with Crippen LogP contribution in [0.15, 0.2) is 29.1 Å². The number of primary amides is 1. The molecule has 2 aromatic rings. The Hall–Kier alpha value is -3.43. The van der Waals surface area contributed by atoms with Crippen LogP contribution >= 0.6 is 0 Å². The minimum atomic E-state index is -0.938. The van der Waals surface area contributed by atoms with Gasteiger partial charge in [0, 0.05) is 11.9 Å². The van der Waals surface area contributed by atoms with Gasteiger partial charge in [0.15, 0.2) is 5.69 Å². The van der Waals surface area contributed by atoms with Crippen LogP contribution in [0.25, 0.3) is 10.8 Å². The third kappa shape index (κ3) is 3.91. The van der Waals surface area contributed by atoms with Crippen molar-refractivity contribution in [2.24, 2.45) is 5.73 Å². The van der Waals surface area contributed by atoms with Crippen molar-refractivity contribution in [3.05, 3.63) is 40.3 Å². The first-order valence-corrected chi connectivity index (χ1v) is 7.51. The Balaban J connectivity index is 2.25. The van der Waals surface area contributed by atoms with E-state index in [1.165, 1.54) is 6.92 Å². The van der Waals surface area contributed by atoms with Crippen molar-refractivity contribution >= 4 is 28.6 Å². The zero-order valence-electron chi connectivity index (χ0n) is 13.7. The smallest absolute Gasteiger partial charge is 0.312 e. The second-order valence-corrected chi connectivity index (χ2v) is 5.19. The van der Waals surface area contributed by atoms with Gasteiger partial charge in [0.1, 0.15) is 6.04 Å². The molecule has 0 spiro atoms. The Labute approximate surface area is 142 Å². The highest BCUT2D eigenvalue weighted by atomic mass is 16.2. The lowest BCUT2D eigenvalue weighted by Crippen LogP contribution is -2.52. The Morgan fingerprint density at radius 1 is 1.20 bits per heavy atom. The van der Waals surface area contributed by atoms with Crippen LogP contribution in [0.5, 0.6) is 0 Å². The zero-order chi connectivity index (χ0) is 18.6. The Morgan fingerprint density at radius 2 is 1.84 bits per heavy atom. The zero-order valence-corrected chi connectivity index (χ0v) is 13.7. The van der Waals surface area contributed by atoms with Crippen molar-refractivity contribution in [2.45, 2.75) is 26.4 Å². The van der Waals surface area contributed by atoms with E-state index in [2.05, 4.69) is 21.3 Å². The maximum atomic E-state index is 12.4. The fourth-order valence-corrected chi connectivity index (χ4v) is 2.18. The second-order valence-electron chi connectivity index (χ2n) is 5.19. The minimum Gasteiger partial charge on any atom is -0.352 e. The van der Waals surface area contributed by atoms with Gasteiger partial charge in [0.25, 0.3) is 17.4 Å². The van der Waals surface area contributed by atoms with Gasteiger partial charge in [-0.1, -0.05) is 18.2 Å². The number of carbonyl (C=O) groups excluding carboxylic acids is 3. The molecule has 1 aromatic heterocycles. The van der Waals surface area contributed by atoms with Gasteiger partial charge in [-0.3, -0.25) is 25.2 Å². The molecule has 0 saturated heterocycles. The molecule has 0 bridgehead atoms. The molecular weight excluding hydrogens is 328 g/mol. The molecule has 0 fully saturated rings. The molecule has 10 heteroatoms. The van der Waals surface area contributed by atoms with Crippen molar-refractivity contribution in [2.75, 3.05) is 0 Å². The molecule has 5 N–H and O–H groups in total. The van der Waals surface area contributed by atoms with Gasteiger partial charge < -0.3 is 11.1 Å². The maximum Gasteiger partial charge on any atom is 0.312 e. The lowest BCUT2D eigenvalue weighted by Gasteiger charge is -2.14. The predicted molar refractivity (Wildman–Crippen MR) is 89.5 cm³/mol. The highest BCUT2D eigenvalue weighted by Crippen LogP contribution is 2.12. The topological polar surface area (TPSA) is 148 Å². The van der Waals surface area contributed by atoms with E-state index < -0.39 is 23.9 Å². The van der Waals surface area contributed by atoms with Crippen LogP contribution in [-0.4, -0.2) is 33.7 Å². The van der Waals surface area contributed by atoms with Crippen molar-refractivity contribution in [3.63, 3.8) is 0 Å². The van der Waals surface area contributed by atoms with Crippen molar-refractivity contribution in [1.29, 1.82) is 0 Å². The monoisotopic (exact) mass is 346 g/mol.